The second-order valence-electron chi connectivity index (χ2n) is 10.5. The van der Waals surface area contributed by atoms with Gasteiger partial charge in [-0.25, -0.2) is 9.88 Å². The van der Waals surface area contributed by atoms with Crippen molar-refractivity contribution >= 4 is 28.4 Å². The minimum atomic E-state index is -1.15. The Kier molecular flexibility index (Phi) is 4.72. The van der Waals surface area contributed by atoms with Crippen molar-refractivity contribution in [1.82, 2.24) is 14.9 Å². The van der Waals surface area contributed by atoms with Crippen LogP contribution in [0.3, 0.4) is 0 Å². The predicted molar refractivity (Wildman–Crippen MR) is 142 cm³/mol. The van der Waals surface area contributed by atoms with Crippen molar-refractivity contribution in [2.45, 2.75) is 25.4 Å². The molecule has 7 rings (SSSR count). The predicted octanol–water partition coefficient (Wildman–Crippen LogP) is 3.38. The summed E-state index contributed by atoms with van der Waals surface area (Å²) in [5.41, 5.74) is 1.09. The van der Waals surface area contributed by atoms with Crippen LogP contribution in [0, 0.1) is 17.8 Å². The standard InChI is InChI=1S/C30H26N4O4/c1-16(2)25-23-24(28(37)33(27(23)36)21-14-8-9-15-22(21)38-3)30(32-25)18-11-5-7-13-20(18)34-26(35)17-10-4-6-12-19(17)31-29(30)34/h4-16,23-25,32H,1-3H3/t23-,24+,25+,30-/m0/s1. The van der Waals surface area contributed by atoms with Gasteiger partial charge in [-0.1, -0.05) is 56.3 Å². The van der Waals surface area contributed by atoms with E-state index in [1.807, 2.05) is 56.3 Å². The van der Waals surface area contributed by atoms with Crippen molar-refractivity contribution < 1.29 is 14.3 Å². The maximum Gasteiger partial charge on any atom is 0.266 e. The summed E-state index contributed by atoms with van der Waals surface area (Å²) in [6, 6.07) is 21.6. The molecule has 8 nitrogen and oxygen atoms in total. The molecule has 2 fully saturated rings. The van der Waals surface area contributed by atoms with E-state index in [1.54, 1.807) is 34.9 Å². The maximum absolute atomic E-state index is 14.5. The fourth-order valence-electron chi connectivity index (χ4n) is 6.78. The molecule has 3 aromatic carbocycles. The Hall–Kier alpha value is -4.30. The van der Waals surface area contributed by atoms with Crippen LogP contribution in [0.4, 0.5) is 5.69 Å². The number of anilines is 1. The van der Waals surface area contributed by atoms with Crippen LogP contribution in [0.15, 0.2) is 77.6 Å². The third-order valence-electron chi connectivity index (χ3n) is 8.34. The van der Waals surface area contributed by atoms with Gasteiger partial charge < -0.3 is 4.74 Å². The molecule has 0 saturated carbocycles. The van der Waals surface area contributed by atoms with Gasteiger partial charge >= 0.3 is 0 Å². The number of aromatic nitrogens is 2. The number of rotatable bonds is 3. The molecule has 8 heteroatoms. The van der Waals surface area contributed by atoms with Crippen molar-refractivity contribution in [2.24, 2.45) is 17.8 Å². The molecule has 0 unspecified atom stereocenters. The Balaban J connectivity index is 1.54. The highest BCUT2D eigenvalue weighted by molar-refractivity contribution is 6.24. The van der Waals surface area contributed by atoms with Crippen LogP contribution < -0.4 is 20.5 Å². The summed E-state index contributed by atoms with van der Waals surface area (Å²) in [6.07, 6.45) is 0. The number of hydrogen-bond acceptors (Lipinski definition) is 6. The van der Waals surface area contributed by atoms with Gasteiger partial charge in [0.15, 0.2) is 0 Å². The normalized spacial score (nSPS) is 25.4. The molecule has 0 bridgehead atoms. The summed E-state index contributed by atoms with van der Waals surface area (Å²) < 4.78 is 7.14. The lowest BCUT2D eigenvalue weighted by atomic mass is 9.75. The molecule has 0 aliphatic carbocycles. The van der Waals surface area contributed by atoms with E-state index in [2.05, 4.69) is 5.32 Å². The number of hydrogen-bond donors (Lipinski definition) is 1. The van der Waals surface area contributed by atoms with E-state index in [1.165, 1.54) is 12.0 Å². The molecule has 4 aromatic rings. The second kappa shape index (κ2) is 7.85. The number of carbonyl (C=O) groups excluding carboxylic acids is 2. The Morgan fingerprint density at radius 2 is 1.58 bits per heavy atom. The average Bonchev–Trinajstić information content (AvgIpc) is 3.52. The van der Waals surface area contributed by atoms with Crippen molar-refractivity contribution in [1.29, 1.82) is 0 Å². The molecule has 4 heterocycles. The Morgan fingerprint density at radius 3 is 2.34 bits per heavy atom. The zero-order valence-electron chi connectivity index (χ0n) is 21.2. The van der Waals surface area contributed by atoms with Crippen LogP contribution in [-0.2, 0) is 15.1 Å². The molecule has 3 aliphatic heterocycles. The number of nitrogens with zero attached hydrogens (tertiary/aromatic N) is 3. The fraction of sp³-hybridized carbons (Fsp3) is 0.267. The van der Waals surface area contributed by atoms with Gasteiger partial charge in [0.25, 0.3) is 5.56 Å². The van der Waals surface area contributed by atoms with Crippen LogP contribution in [-0.4, -0.2) is 34.5 Å². The highest BCUT2D eigenvalue weighted by Crippen LogP contribution is 2.56. The van der Waals surface area contributed by atoms with E-state index in [0.717, 1.165) is 5.56 Å². The first kappa shape index (κ1) is 22.9. The number of methoxy groups -OCH3 is 1. The number of imide groups is 1. The summed E-state index contributed by atoms with van der Waals surface area (Å²) >= 11 is 0. The summed E-state index contributed by atoms with van der Waals surface area (Å²) in [6.45, 7) is 4.08. The zero-order chi connectivity index (χ0) is 26.3. The van der Waals surface area contributed by atoms with Crippen molar-refractivity contribution in [3.63, 3.8) is 0 Å². The Morgan fingerprint density at radius 1 is 0.895 bits per heavy atom. The first-order chi connectivity index (χ1) is 18.4. The lowest BCUT2D eigenvalue weighted by Crippen LogP contribution is -2.51. The molecular weight excluding hydrogens is 480 g/mol. The summed E-state index contributed by atoms with van der Waals surface area (Å²) in [5, 5.41) is 4.21. The lowest BCUT2D eigenvalue weighted by Gasteiger charge is -2.32. The van der Waals surface area contributed by atoms with Crippen LogP contribution >= 0.6 is 0 Å². The van der Waals surface area contributed by atoms with Gasteiger partial charge in [-0.15, -0.1) is 0 Å². The lowest BCUT2D eigenvalue weighted by molar-refractivity contribution is -0.123. The molecule has 4 atom stereocenters. The van der Waals surface area contributed by atoms with E-state index in [4.69, 9.17) is 9.72 Å². The maximum atomic E-state index is 14.5. The van der Waals surface area contributed by atoms with Crippen LogP contribution in [0.25, 0.3) is 16.6 Å². The summed E-state index contributed by atoms with van der Waals surface area (Å²) in [7, 11) is 1.52. The van der Waals surface area contributed by atoms with Gasteiger partial charge in [-0.3, -0.25) is 24.3 Å². The van der Waals surface area contributed by atoms with E-state index in [-0.39, 0.29) is 29.3 Å². The zero-order valence-corrected chi connectivity index (χ0v) is 21.2. The molecule has 3 aliphatic rings. The van der Waals surface area contributed by atoms with Gasteiger partial charge in [-0.2, -0.15) is 0 Å². The third-order valence-corrected chi connectivity index (χ3v) is 8.34. The first-order valence-corrected chi connectivity index (χ1v) is 12.8. The van der Waals surface area contributed by atoms with E-state index in [0.29, 0.717) is 33.9 Å². The molecule has 1 N–H and O–H groups in total. The average molecular weight is 507 g/mol. The van der Waals surface area contributed by atoms with Crippen molar-refractivity contribution in [3.8, 4) is 11.4 Å². The number of amides is 2. The van der Waals surface area contributed by atoms with Crippen molar-refractivity contribution in [2.75, 3.05) is 12.0 Å². The smallest absolute Gasteiger partial charge is 0.266 e. The topological polar surface area (TPSA) is 93.5 Å². The van der Waals surface area contributed by atoms with Gasteiger partial charge in [0.1, 0.15) is 17.1 Å². The van der Waals surface area contributed by atoms with E-state index >= 15 is 0 Å². The number of ether oxygens (including phenoxy) is 1. The number of para-hydroxylation sites is 4. The number of fused-ring (bicyclic) bond motifs is 8. The van der Waals surface area contributed by atoms with Crippen molar-refractivity contribution in [3.05, 3.63) is 94.5 Å². The highest BCUT2D eigenvalue weighted by atomic mass is 16.5. The molecule has 2 amide bonds. The molecule has 2 saturated heterocycles. The molecule has 38 heavy (non-hydrogen) atoms. The minimum absolute atomic E-state index is 0.0321. The van der Waals surface area contributed by atoms with Gasteiger partial charge in [0, 0.05) is 11.6 Å². The van der Waals surface area contributed by atoms with E-state index < -0.39 is 17.4 Å². The second-order valence-corrected chi connectivity index (χ2v) is 10.5. The Labute approximate surface area is 218 Å². The van der Waals surface area contributed by atoms with Gasteiger partial charge in [-0.05, 0) is 36.2 Å². The summed E-state index contributed by atoms with van der Waals surface area (Å²) in [4.78, 5) is 48.7. The number of benzene rings is 3. The van der Waals surface area contributed by atoms with Crippen LogP contribution in [0.1, 0.15) is 25.2 Å². The molecule has 1 spiro atoms. The van der Waals surface area contributed by atoms with Gasteiger partial charge in [0.2, 0.25) is 11.8 Å². The quantitative estimate of drug-likeness (QED) is 0.428. The minimum Gasteiger partial charge on any atom is -0.495 e. The van der Waals surface area contributed by atoms with Gasteiger partial charge in [0.05, 0.1) is 41.2 Å². The number of carbonyl (C=O) groups is 2. The Bertz CT molecular complexity index is 1730. The summed E-state index contributed by atoms with van der Waals surface area (Å²) in [5.74, 6) is -1.11. The monoisotopic (exact) mass is 506 g/mol. The molecule has 1 aromatic heterocycles. The molecule has 0 radical (unpaired) electrons. The first-order valence-electron chi connectivity index (χ1n) is 12.8. The molecular formula is C30H26N4O4. The number of nitrogens with one attached hydrogen (secondary N) is 1. The SMILES string of the molecule is COc1ccccc1N1C(=O)[C@@H]2[C@@H](C(C)C)N[C@@]3(c4ccccc4-n4c3nc3ccccc3c4=O)[C@H]2C1=O. The highest BCUT2D eigenvalue weighted by Gasteiger charge is 2.70. The van der Waals surface area contributed by atoms with Crippen LogP contribution in [0.2, 0.25) is 0 Å². The molecule has 190 valence electrons. The third kappa shape index (κ3) is 2.67. The fourth-order valence-corrected chi connectivity index (χ4v) is 6.78. The van der Waals surface area contributed by atoms with E-state index in [9.17, 15) is 14.4 Å². The largest absolute Gasteiger partial charge is 0.495 e. The van der Waals surface area contributed by atoms with Crippen LogP contribution in [0.5, 0.6) is 5.75 Å².